The Labute approximate surface area is 118 Å². The van der Waals surface area contributed by atoms with Crippen LogP contribution in [0.3, 0.4) is 0 Å². The molecule has 1 aromatic carbocycles. The van der Waals surface area contributed by atoms with Gasteiger partial charge in [0.05, 0.1) is 17.6 Å². The molecule has 2 rings (SSSR count). The van der Waals surface area contributed by atoms with Gasteiger partial charge in [0.2, 0.25) is 0 Å². The van der Waals surface area contributed by atoms with Crippen molar-refractivity contribution in [3.8, 4) is 5.69 Å². The number of hydrogen-bond acceptors (Lipinski definition) is 3. The Morgan fingerprint density at radius 3 is 2.53 bits per heavy atom. The topological polar surface area (TPSA) is 34.9 Å². The second-order valence-electron chi connectivity index (χ2n) is 5.29. The van der Waals surface area contributed by atoms with Gasteiger partial charge < -0.3 is 0 Å². The standard InChI is InChI=1S/C15H18N2OS/c1-15(2,3)19-11-14(18)13-9-10-16-17(13)12-7-5-4-6-8-12/h4-10H,11H2,1-3H3. The maximum absolute atomic E-state index is 12.3. The highest BCUT2D eigenvalue weighted by Crippen LogP contribution is 2.24. The predicted molar refractivity (Wildman–Crippen MR) is 80.1 cm³/mol. The van der Waals surface area contributed by atoms with Gasteiger partial charge in [-0.1, -0.05) is 39.0 Å². The molecule has 0 radical (unpaired) electrons. The van der Waals surface area contributed by atoms with Crippen LogP contribution in [0, 0.1) is 0 Å². The monoisotopic (exact) mass is 274 g/mol. The molecule has 0 saturated carbocycles. The lowest BCUT2D eigenvalue weighted by atomic mass is 10.2. The van der Waals surface area contributed by atoms with Crippen molar-refractivity contribution in [3.05, 3.63) is 48.3 Å². The van der Waals surface area contributed by atoms with Gasteiger partial charge in [-0.3, -0.25) is 4.79 Å². The van der Waals surface area contributed by atoms with Crippen molar-refractivity contribution >= 4 is 17.5 Å². The van der Waals surface area contributed by atoms with Crippen molar-refractivity contribution in [1.82, 2.24) is 9.78 Å². The van der Waals surface area contributed by atoms with Crippen LogP contribution in [-0.2, 0) is 0 Å². The van der Waals surface area contributed by atoms with Gasteiger partial charge in [-0.15, -0.1) is 11.8 Å². The lowest BCUT2D eigenvalue weighted by molar-refractivity contribution is 0.101. The third-order valence-electron chi connectivity index (χ3n) is 2.57. The first-order valence-corrected chi connectivity index (χ1v) is 7.22. The summed E-state index contributed by atoms with van der Waals surface area (Å²) in [5, 5.41) is 4.24. The number of carbonyl (C=O) groups excluding carboxylic acids is 1. The zero-order chi connectivity index (χ0) is 13.9. The van der Waals surface area contributed by atoms with Gasteiger partial charge in [0, 0.05) is 4.75 Å². The van der Waals surface area contributed by atoms with E-state index in [1.54, 1.807) is 28.7 Å². The Bertz CT molecular complexity index is 555. The molecule has 0 N–H and O–H groups in total. The van der Waals surface area contributed by atoms with Gasteiger partial charge in [-0.2, -0.15) is 5.10 Å². The van der Waals surface area contributed by atoms with Crippen molar-refractivity contribution in [2.75, 3.05) is 5.75 Å². The molecule has 0 bridgehead atoms. The van der Waals surface area contributed by atoms with Crippen molar-refractivity contribution in [3.63, 3.8) is 0 Å². The number of aromatic nitrogens is 2. The van der Waals surface area contributed by atoms with Gasteiger partial charge in [-0.05, 0) is 18.2 Å². The molecule has 0 atom stereocenters. The van der Waals surface area contributed by atoms with Gasteiger partial charge in [0.15, 0.2) is 5.78 Å². The van der Waals surface area contributed by atoms with Gasteiger partial charge in [0.25, 0.3) is 0 Å². The molecular weight excluding hydrogens is 256 g/mol. The van der Waals surface area contributed by atoms with Crippen LogP contribution < -0.4 is 0 Å². The van der Waals surface area contributed by atoms with Crippen LogP contribution in [-0.4, -0.2) is 26.1 Å². The summed E-state index contributed by atoms with van der Waals surface area (Å²) in [5.74, 6) is 0.587. The van der Waals surface area contributed by atoms with Crippen molar-refractivity contribution in [2.24, 2.45) is 0 Å². The van der Waals surface area contributed by atoms with Crippen LogP contribution in [0.2, 0.25) is 0 Å². The smallest absolute Gasteiger partial charge is 0.191 e. The van der Waals surface area contributed by atoms with Crippen LogP contribution in [0.15, 0.2) is 42.6 Å². The van der Waals surface area contributed by atoms with E-state index in [-0.39, 0.29) is 10.5 Å². The Morgan fingerprint density at radius 1 is 1.21 bits per heavy atom. The molecule has 2 aromatic rings. The van der Waals surface area contributed by atoms with E-state index in [1.165, 1.54) is 0 Å². The van der Waals surface area contributed by atoms with E-state index in [0.29, 0.717) is 11.4 Å². The average Bonchev–Trinajstić information content (AvgIpc) is 2.85. The zero-order valence-corrected chi connectivity index (χ0v) is 12.3. The van der Waals surface area contributed by atoms with Crippen molar-refractivity contribution in [1.29, 1.82) is 0 Å². The second-order valence-corrected chi connectivity index (χ2v) is 7.09. The number of ketones is 1. The van der Waals surface area contributed by atoms with E-state index < -0.39 is 0 Å². The van der Waals surface area contributed by atoms with E-state index in [0.717, 1.165) is 5.69 Å². The summed E-state index contributed by atoms with van der Waals surface area (Å²) in [6, 6.07) is 11.5. The number of hydrogen-bond donors (Lipinski definition) is 0. The summed E-state index contributed by atoms with van der Waals surface area (Å²) in [7, 11) is 0. The van der Waals surface area contributed by atoms with Crippen LogP contribution in [0.5, 0.6) is 0 Å². The fourth-order valence-electron chi connectivity index (χ4n) is 1.65. The summed E-state index contributed by atoms with van der Waals surface area (Å²) in [6.07, 6.45) is 1.67. The first-order chi connectivity index (χ1) is 8.97. The minimum atomic E-state index is 0.0905. The van der Waals surface area contributed by atoms with Crippen molar-refractivity contribution in [2.45, 2.75) is 25.5 Å². The first-order valence-electron chi connectivity index (χ1n) is 6.24. The molecule has 0 aliphatic carbocycles. The molecule has 0 saturated heterocycles. The average molecular weight is 274 g/mol. The maximum Gasteiger partial charge on any atom is 0.191 e. The number of carbonyl (C=O) groups is 1. The van der Waals surface area contributed by atoms with Crippen LogP contribution in [0.4, 0.5) is 0 Å². The summed E-state index contributed by atoms with van der Waals surface area (Å²) in [6.45, 7) is 6.33. The molecule has 0 fully saturated rings. The lowest BCUT2D eigenvalue weighted by Crippen LogP contribution is -2.16. The van der Waals surface area contributed by atoms with E-state index in [9.17, 15) is 4.79 Å². The SMILES string of the molecule is CC(C)(C)SCC(=O)c1ccnn1-c1ccccc1. The normalized spacial score (nSPS) is 11.5. The minimum absolute atomic E-state index is 0.0905. The number of benzene rings is 1. The third-order valence-corrected chi connectivity index (χ3v) is 3.84. The Morgan fingerprint density at radius 2 is 1.89 bits per heavy atom. The summed E-state index contributed by atoms with van der Waals surface area (Å²) < 4.78 is 1.79. The predicted octanol–water partition coefficient (Wildman–Crippen LogP) is 3.59. The highest BCUT2D eigenvalue weighted by Gasteiger charge is 2.17. The molecule has 0 aliphatic rings. The third kappa shape index (κ3) is 3.70. The zero-order valence-electron chi connectivity index (χ0n) is 11.5. The lowest BCUT2D eigenvalue weighted by Gasteiger charge is -2.16. The molecular formula is C15H18N2OS. The molecule has 100 valence electrons. The van der Waals surface area contributed by atoms with Gasteiger partial charge >= 0.3 is 0 Å². The Hall–Kier alpha value is -1.55. The van der Waals surface area contributed by atoms with Crippen LogP contribution in [0.1, 0.15) is 31.3 Å². The van der Waals surface area contributed by atoms with E-state index in [4.69, 9.17) is 0 Å². The van der Waals surface area contributed by atoms with E-state index >= 15 is 0 Å². The molecule has 19 heavy (non-hydrogen) atoms. The largest absolute Gasteiger partial charge is 0.292 e. The molecule has 0 amide bonds. The quantitative estimate of drug-likeness (QED) is 0.799. The van der Waals surface area contributed by atoms with Crippen LogP contribution >= 0.6 is 11.8 Å². The Balaban J connectivity index is 2.18. The maximum atomic E-state index is 12.3. The fourth-order valence-corrected chi connectivity index (χ4v) is 2.36. The minimum Gasteiger partial charge on any atom is -0.292 e. The second kappa shape index (κ2) is 5.61. The number of para-hydroxylation sites is 1. The van der Waals surface area contributed by atoms with Gasteiger partial charge in [-0.25, -0.2) is 4.68 Å². The highest BCUT2D eigenvalue weighted by molar-refractivity contribution is 8.01. The molecule has 1 heterocycles. The number of rotatable bonds is 4. The summed E-state index contributed by atoms with van der Waals surface area (Å²) in [5.41, 5.74) is 1.56. The number of nitrogens with zero attached hydrogens (tertiary/aromatic N) is 2. The summed E-state index contributed by atoms with van der Waals surface area (Å²) >= 11 is 1.65. The molecule has 1 aromatic heterocycles. The number of thioether (sulfide) groups is 1. The summed E-state index contributed by atoms with van der Waals surface area (Å²) in [4.78, 5) is 12.3. The molecule has 4 heteroatoms. The van der Waals surface area contributed by atoms with Crippen molar-refractivity contribution < 1.29 is 4.79 Å². The van der Waals surface area contributed by atoms with Gasteiger partial charge in [0.1, 0.15) is 5.69 Å². The van der Waals surface area contributed by atoms with Crippen LogP contribution in [0.25, 0.3) is 5.69 Å². The first kappa shape index (κ1) is 13.9. The molecule has 0 unspecified atom stereocenters. The molecule has 0 aliphatic heterocycles. The fraction of sp³-hybridized carbons (Fsp3) is 0.333. The molecule has 0 spiro atoms. The highest BCUT2D eigenvalue weighted by atomic mass is 32.2. The van der Waals surface area contributed by atoms with E-state index in [2.05, 4.69) is 25.9 Å². The number of Topliss-reactive ketones (excluding diaryl/α,β-unsaturated/α-hetero) is 1. The van der Waals surface area contributed by atoms with E-state index in [1.807, 2.05) is 30.3 Å². The Kier molecular flexibility index (Phi) is 4.10. The molecule has 3 nitrogen and oxygen atoms in total.